The van der Waals surface area contributed by atoms with Gasteiger partial charge in [-0.1, -0.05) is 0 Å². The molecule has 1 N–H and O–H groups in total. The molecule has 5 heteroatoms. The first-order chi connectivity index (χ1) is 5.67. The summed E-state index contributed by atoms with van der Waals surface area (Å²) < 4.78 is 24.3. The van der Waals surface area contributed by atoms with Crippen LogP contribution >= 0.6 is 0 Å². The molecule has 4 nitrogen and oxygen atoms in total. The van der Waals surface area contributed by atoms with Gasteiger partial charge in [0.05, 0.1) is 5.75 Å². The van der Waals surface area contributed by atoms with Crippen molar-refractivity contribution in [1.29, 1.82) is 0 Å². The molecule has 1 aliphatic heterocycles. The molecule has 0 aliphatic carbocycles. The van der Waals surface area contributed by atoms with E-state index < -0.39 is 10.0 Å². The molecule has 0 aromatic heterocycles. The monoisotopic (exact) mass is 192 g/mol. The van der Waals surface area contributed by atoms with E-state index in [9.17, 15) is 8.42 Å². The summed E-state index contributed by atoms with van der Waals surface area (Å²) >= 11 is 0. The Morgan fingerprint density at radius 3 is 2.75 bits per heavy atom. The first kappa shape index (κ1) is 9.95. The van der Waals surface area contributed by atoms with Crippen molar-refractivity contribution in [3.8, 4) is 0 Å². The van der Waals surface area contributed by atoms with Gasteiger partial charge in [0.1, 0.15) is 0 Å². The van der Waals surface area contributed by atoms with Crippen molar-refractivity contribution in [2.24, 2.45) is 0 Å². The van der Waals surface area contributed by atoms with Crippen molar-refractivity contribution in [3.63, 3.8) is 0 Å². The van der Waals surface area contributed by atoms with E-state index in [2.05, 4.69) is 5.32 Å². The summed E-state index contributed by atoms with van der Waals surface area (Å²) in [7, 11) is -1.07. The maximum atomic E-state index is 11.4. The fourth-order valence-corrected chi connectivity index (χ4v) is 2.93. The van der Waals surface area contributed by atoms with Crippen molar-refractivity contribution in [2.75, 3.05) is 32.4 Å². The Morgan fingerprint density at radius 2 is 2.17 bits per heavy atom. The minimum atomic E-state index is -2.90. The molecular weight excluding hydrogens is 176 g/mol. The van der Waals surface area contributed by atoms with Gasteiger partial charge in [-0.15, -0.1) is 0 Å². The van der Waals surface area contributed by atoms with Crippen LogP contribution in [-0.2, 0) is 10.0 Å². The predicted octanol–water partition coefficient (Wildman–Crippen LogP) is -0.369. The number of hydrogen-bond acceptors (Lipinski definition) is 3. The Labute approximate surface area is 74.0 Å². The largest absolute Gasteiger partial charge is 0.318 e. The molecule has 0 aromatic carbocycles. The average molecular weight is 192 g/mol. The van der Waals surface area contributed by atoms with Crippen molar-refractivity contribution in [3.05, 3.63) is 0 Å². The fourth-order valence-electron chi connectivity index (χ4n) is 1.33. The van der Waals surface area contributed by atoms with E-state index in [0.717, 1.165) is 19.4 Å². The predicted molar refractivity (Wildman–Crippen MR) is 48.5 cm³/mol. The number of nitrogens with one attached hydrogen (secondary N) is 1. The van der Waals surface area contributed by atoms with Crippen LogP contribution in [0.5, 0.6) is 0 Å². The molecule has 0 spiro atoms. The summed E-state index contributed by atoms with van der Waals surface area (Å²) in [5, 5.41) is 2.95. The summed E-state index contributed by atoms with van der Waals surface area (Å²) in [5.41, 5.74) is 0. The molecule has 1 rings (SSSR count). The molecule has 0 radical (unpaired) electrons. The van der Waals surface area contributed by atoms with Gasteiger partial charge in [0.2, 0.25) is 10.0 Å². The van der Waals surface area contributed by atoms with E-state index in [1.807, 2.05) is 7.05 Å². The second-order valence-electron chi connectivity index (χ2n) is 3.03. The average Bonchev–Trinajstić information content (AvgIpc) is 2.02. The van der Waals surface area contributed by atoms with Gasteiger partial charge in [0, 0.05) is 19.6 Å². The van der Waals surface area contributed by atoms with Gasteiger partial charge in [0.25, 0.3) is 0 Å². The molecular formula is C7H16N2O2S. The van der Waals surface area contributed by atoms with E-state index in [-0.39, 0.29) is 0 Å². The smallest absolute Gasteiger partial charge is 0.214 e. The van der Waals surface area contributed by atoms with Gasteiger partial charge in [-0.3, -0.25) is 0 Å². The summed E-state index contributed by atoms with van der Waals surface area (Å²) in [6, 6.07) is 0. The van der Waals surface area contributed by atoms with Gasteiger partial charge in [-0.25, -0.2) is 12.7 Å². The number of likely N-dealkylation sites (N-methyl/N-ethyl adjacent to an activating group) is 1. The van der Waals surface area contributed by atoms with Gasteiger partial charge in [-0.05, 0) is 19.9 Å². The van der Waals surface area contributed by atoms with Crippen molar-refractivity contribution < 1.29 is 8.42 Å². The highest BCUT2D eigenvalue weighted by molar-refractivity contribution is 7.89. The van der Waals surface area contributed by atoms with Crippen molar-refractivity contribution in [1.82, 2.24) is 9.62 Å². The lowest BCUT2D eigenvalue weighted by atomic mass is 10.3. The zero-order valence-electron chi connectivity index (χ0n) is 7.41. The minimum Gasteiger partial charge on any atom is -0.318 e. The summed E-state index contributed by atoms with van der Waals surface area (Å²) in [5.74, 6) is 0.330. The van der Waals surface area contributed by atoms with Crippen LogP contribution in [0.3, 0.4) is 0 Å². The molecule has 0 atom stereocenters. The molecule has 0 bridgehead atoms. The quantitative estimate of drug-likeness (QED) is 0.664. The summed E-state index contributed by atoms with van der Waals surface area (Å²) in [6.07, 6.45) is 1.82. The SMILES string of the molecule is CNCCN1CCCCS1(=O)=O. The molecule has 0 amide bonds. The van der Waals surface area contributed by atoms with E-state index in [4.69, 9.17) is 0 Å². The van der Waals surface area contributed by atoms with E-state index in [1.54, 1.807) is 4.31 Å². The lowest BCUT2D eigenvalue weighted by Crippen LogP contribution is -2.41. The first-order valence-electron chi connectivity index (χ1n) is 4.29. The minimum absolute atomic E-state index is 0.330. The maximum absolute atomic E-state index is 11.4. The summed E-state index contributed by atoms with van der Waals surface area (Å²) in [6.45, 7) is 2.04. The highest BCUT2D eigenvalue weighted by Gasteiger charge is 2.24. The van der Waals surface area contributed by atoms with Gasteiger partial charge in [-0.2, -0.15) is 0 Å². The van der Waals surface area contributed by atoms with E-state index >= 15 is 0 Å². The van der Waals surface area contributed by atoms with Crippen LogP contribution in [0.4, 0.5) is 0 Å². The molecule has 1 heterocycles. The maximum Gasteiger partial charge on any atom is 0.214 e. The topological polar surface area (TPSA) is 49.4 Å². The zero-order valence-corrected chi connectivity index (χ0v) is 8.23. The van der Waals surface area contributed by atoms with Crippen LogP contribution < -0.4 is 5.32 Å². The van der Waals surface area contributed by atoms with Crippen LogP contribution in [0.25, 0.3) is 0 Å². The molecule has 0 aromatic rings. The zero-order chi connectivity index (χ0) is 9.03. The highest BCUT2D eigenvalue weighted by Crippen LogP contribution is 2.12. The standard InChI is InChI=1S/C7H16N2O2S/c1-8-4-6-9-5-2-3-7-12(9,10)11/h8H,2-7H2,1H3. The molecule has 1 saturated heterocycles. The number of nitrogens with zero attached hydrogens (tertiary/aromatic N) is 1. The van der Waals surface area contributed by atoms with Crippen LogP contribution in [0.2, 0.25) is 0 Å². The van der Waals surface area contributed by atoms with E-state index in [0.29, 0.717) is 18.8 Å². The normalized spacial score (nSPS) is 24.1. The van der Waals surface area contributed by atoms with Gasteiger partial charge in [0.15, 0.2) is 0 Å². The van der Waals surface area contributed by atoms with E-state index in [1.165, 1.54) is 0 Å². The van der Waals surface area contributed by atoms with Gasteiger partial charge < -0.3 is 5.32 Å². The Morgan fingerprint density at radius 1 is 1.42 bits per heavy atom. The Bertz CT molecular complexity index is 226. The van der Waals surface area contributed by atoms with Gasteiger partial charge >= 0.3 is 0 Å². The third kappa shape index (κ3) is 2.43. The fraction of sp³-hybridized carbons (Fsp3) is 1.00. The third-order valence-corrected chi connectivity index (χ3v) is 4.02. The van der Waals surface area contributed by atoms with Crippen LogP contribution in [0, 0.1) is 0 Å². The highest BCUT2D eigenvalue weighted by atomic mass is 32.2. The second-order valence-corrected chi connectivity index (χ2v) is 5.11. The molecule has 72 valence electrons. The second kappa shape index (κ2) is 4.20. The molecule has 0 unspecified atom stereocenters. The lowest BCUT2D eigenvalue weighted by Gasteiger charge is -2.25. The number of sulfonamides is 1. The number of rotatable bonds is 3. The van der Waals surface area contributed by atoms with Crippen molar-refractivity contribution >= 4 is 10.0 Å². The summed E-state index contributed by atoms with van der Waals surface area (Å²) in [4.78, 5) is 0. The molecule has 0 saturated carbocycles. The van der Waals surface area contributed by atoms with Crippen LogP contribution in [-0.4, -0.2) is 45.2 Å². The number of hydrogen-bond donors (Lipinski definition) is 1. The first-order valence-corrected chi connectivity index (χ1v) is 5.90. The Kier molecular flexibility index (Phi) is 3.49. The molecule has 12 heavy (non-hydrogen) atoms. The van der Waals surface area contributed by atoms with Crippen LogP contribution in [0.1, 0.15) is 12.8 Å². The Hall–Kier alpha value is -0.130. The Balaban J connectivity index is 2.49. The molecule has 1 aliphatic rings. The third-order valence-electron chi connectivity index (χ3n) is 2.06. The van der Waals surface area contributed by atoms with Crippen molar-refractivity contribution in [2.45, 2.75) is 12.8 Å². The van der Waals surface area contributed by atoms with Crippen LogP contribution in [0.15, 0.2) is 0 Å². The lowest BCUT2D eigenvalue weighted by molar-refractivity contribution is 0.383. The molecule has 1 fully saturated rings.